The van der Waals surface area contributed by atoms with Gasteiger partial charge in [0.2, 0.25) is 5.91 Å². The molecule has 2 N–H and O–H groups in total. The number of nitrogens with one attached hydrogen (secondary N) is 1. The van der Waals surface area contributed by atoms with Gasteiger partial charge in [0.25, 0.3) is 0 Å². The van der Waals surface area contributed by atoms with E-state index in [9.17, 15) is 9.59 Å². The van der Waals surface area contributed by atoms with Gasteiger partial charge in [0, 0.05) is 13.2 Å². The summed E-state index contributed by atoms with van der Waals surface area (Å²) in [6.45, 7) is 1.37. The van der Waals surface area contributed by atoms with Gasteiger partial charge in [-0.05, 0) is 32.1 Å². The molecule has 2 aliphatic rings. The highest BCUT2D eigenvalue weighted by Crippen LogP contribution is 2.20. The van der Waals surface area contributed by atoms with Crippen LogP contribution in [0.25, 0.3) is 0 Å². The fraction of sp³-hybridized carbons (Fsp3) is 0.833. The van der Waals surface area contributed by atoms with Crippen molar-refractivity contribution in [3.8, 4) is 0 Å². The Morgan fingerprint density at radius 3 is 2.61 bits per heavy atom. The van der Waals surface area contributed by atoms with Crippen LogP contribution in [0.2, 0.25) is 0 Å². The van der Waals surface area contributed by atoms with Crippen LogP contribution < -0.4 is 5.32 Å². The van der Waals surface area contributed by atoms with Crippen molar-refractivity contribution >= 4 is 11.9 Å². The standard InChI is InChI=1S/C12H19NO5/c14-11(9-3-4-10(18-9)12(15)16)13-6-5-8-2-1-7-17-8/h8-10H,1-7H2,(H,13,14)(H,15,16). The minimum atomic E-state index is -0.996. The van der Waals surface area contributed by atoms with E-state index in [2.05, 4.69) is 5.32 Å². The molecule has 0 aromatic carbocycles. The van der Waals surface area contributed by atoms with Crippen molar-refractivity contribution in [3.05, 3.63) is 0 Å². The Hall–Kier alpha value is -1.14. The third-order valence-electron chi connectivity index (χ3n) is 3.38. The van der Waals surface area contributed by atoms with Crippen molar-refractivity contribution in [3.63, 3.8) is 0 Å². The van der Waals surface area contributed by atoms with Crippen molar-refractivity contribution in [2.24, 2.45) is 0 Å². The van der Waals surface area contributed by atoms with Crippen LogP contribution in [0.1, 0.15) is 32.1 Å². The second kappa shape index (κ2) is 6.15. The summed E-state index contributed by atoms with van der Waals surface area (Å²) in [4.78, 5) is 22.4. The number of aliphatic carboxylic acids is 1. The molecule has 0 bridgehead atoms. The molecule has 0 radical (unpaired) electrons. The molecule has 3 unspecified atom stereocenters. The number of amides is 1. The van der Waals surface area contributed by atoms with E-state index in [4.69, 9.17) is 14.6 Å². The monoisotopic (exact) mass is 257 g/mol. The summed E-state index contributed by atoms with van der Waals surface area (Å²) < 4.78 is 10.6. The molecule has 2 aliphatic heterocycles. The predicted octanol–water partition coefficient (Wildman–Crippen LogP) is 0.304. The fourth-order valence-electron chi connectivity index (χ4n) is 2.35. The normalized spacial score (nSPS) is 31.4. The molecule has 6 heteroatoms. The number of hydrogen-bond donors (Lipinski definition) is 2. The molecule has 2 fully saturated rings. The molecule has 2 saturated heterocycles. The summed E-state index contributed by atoms with van der Waals surface area (Å²) in [7, 11) is 0. The van der Waals surface area contributed by atoms with Crippen molar-refractivity contribution in [1.82, 2.24) is 5.32 Å². The zero-order valence-corrected chi connectivity index (χ0v) is 10.3. The Labute approximate surface area is 106 Å². The molecule has 6 nitrogen and oxygen atoms in total. The smallest absolute Gasteiger partial charge is 0.332 e. The molecule has 1 amide bonds. The molecule has 102 valence electrons. The van der Waals surface area contributed by atoms with Crippen molar-refractivity contribution in [1.29, 1.82) is 0 Å². The highest BCUT2D eigenvalue weighted by atomic mass is 16.5. The first kappa shape index (κ1) is 13.3. The number of ether oxygens (including phenoxy) is 2. The van der Waals surface area contributed by atoms with Gasteiger partial charge in [0.15, 0.2) is 6.10 Å². The van der Waals surface area contributed by atoms with Crippen molar-refractivity contribution < 1.29 is 24.2 Å². The Bertz CT molecular complexity index is 314. The largest absolute Gasteiger partial charge is 0.479 e. The summed E-state index contributed by atoms with van der Waals surface area (Å²) in [5, 5.41) is 11.5. The molecule has 2 heterocycles. The average molecular weight is 257 g/mol. The molecular weight excluding hydrogens is 238 g/mol. The topological polar surface area (TPSA) is 84.9 Å². The number of hydrogen-bond acceptors (Lipinski definition) is 4. The molecule has 0 aliphatic carbocycles. The van der Waals surface area contributed by atoms with E-state index in [-0.39, 0.29) is 12.0 Å². The van der Waals surface area contributed by atoms with Gasteiger partial charge in [-0.2, -0.15) is 0 Å². The maximum Gasteiger partial charge on any atom is 0.332 e. The number of carbonyl (C=O) groups is 2. The van der Waals surface area contributed by atoms with Crippen molar-refractivity contribution in [2.75, 3.05) is 13.2 Å². The minimum Gasteiger partial charge on any atom is -0.479 e. The summed E-state index contributed by atoms with van der Waals surface area (Å²) in [5.41, 5.74) is 0. The Balaban J connectivity index is 1.64. The number of carboxylic acid groups (broad SMARTS) is 1. The van der Waals surface area contributed by atoms with E-state index in [1.165, 1.54) is 0 Å². The highest BCUT2D eigenvalue weighted by Gasteiger charge is 2.34. The van der Waals surface area contributed by atoms with Gasteiger partial charge in [-0.1, -0.05) is 0 Å². The third kappa shape index (κ3) is 3.43. The van der Waals surface area contributed by atoms with Crippen LogP contribution in [-0.2, 0) is 19.1 Å². The van der Waals surface area contributed by atoms with Crippen LogP contribution in [-0.4, -0.2) is 48.4 Å². The van der Waals surface area contributed by atoms with Crippen LogP contribution in [0, 0.1) is 0 Å². The van der Waals surface area contributed by atoms with Gasteiger partial charge in [0.1, 0.15) is 6.10 Å². The van der Waals surface area contributed by atoms with Crippen LogP contribution in [0.15, 0.2) is 0 Å². The second-order valence-corrected chi connectivity index (χ2v) is 4.74. The van der Waals surface area contributed by atoms with Gasteiger partial charge < -0.3 is 19.9 Å². The lowest BCUT2D eigenvalue weighted by atomic mass is 10.1. The van der Waals surface area contributed by atoms with E-state index in [1.807, 2.05) is 0 Å². The maximum absolute atomic E-state index is 11.7. The summed E-state index contributed by atoms with van der Waals surface area (Å²) in [5.74, 6) is -1.21. The SMILES string of the molecule is O=C(O)C1CCC(C(=O)NCCC2CCCO2)O1. The van der Waals surface area contributed by atoms with Crippen LogP contribution in [0.4, 0.5) is 0 Å². The van der Waals surface area contributed by atoms with Gasteiger partial charge >= 0.3 is 5.97 Å². The average Bonchev–Trinajstić information content (AvgIpc) is 2.99. The molecule has 0 spiro atoms. The van der Waals surface area contributed by atoms with Gasteiger partial charge in [0.05, 0.1) is 6.10 Å². The fourth-order valence-corrected chi connectivity index (χ4v) is 2.35. The van der Waals surface area contributed by atoms with Gasteiger partial charge in [-0.25, -0.2) is 4.79 Å². The lowest BCUT2D eigenvalue weighted by Gasteiger charge is -2.13. The van der Waals surface area contributed by atoms with E-state index in [1.54, 1.807) is 0 Å². The Kier molecular flexibility index (Phi) is 4.54. The molecular formula is C12H19NO5. The second-order valence-electron chi connectivity index (χ2n) is 4.74. The zero-order chi connectivity index (χ0) is 13.0. The third-order valence-corrected chi connectivity index (χ3v) is 3.38. The molecule has 18 heavy (non-hydrogen) atoms. The minimum absolute atomic E-state index is 0.211. The number of rotatable bonds is 5. The molecule has 0 aromatic heterocycles. The first-order chi connectivity index (χ1) is 8.66. The van der Waals surface area contributed by atoms with Crippen LogP contribution in [0.3, 0.4) is 0 Å². The quantitative estimate of drug-likeness (QED) is 0.740. The zero-order valence-electron chi connectivity index (χ0n) is 10.3. The lowest BCUT2D eigenvalue weighted by Crippen LogP contribution is -2.36. The first-order valence-electron chi connectivity index (χ1n) is 6.44. The van der Waals surface area contributed by atoms with Crippen molar-refractivity contribution in [2.45, 2.75) is 50.4 Å². The number of carbonyl (C=O) groups excluding carboxylic acids is 1. The Morgan fingerprint density at radius 1 is 1.22 bits per heavy atom. The summed E-state index contributed by atoms with van der Waals surface area (Å²) in [6.07, 6.45) is 2.63. The van der Waals surface area contributed by atoms with Gasteiger partial charge in [-0.15, -0.1) is 0 Å². The van der Waals surface area contributed by atoms with E-state index >= 15 is 0 Å². The first-order valence-corrected chi connectivity index (χ1v) is 6.44. The van der Waals surface area contributed by atoms with Crippen LogP contribution >= 0.6 is 0 Å². The molecule has 3 atom stereocenters. The highest BCUT2D eigenvalue weighted by molar-refractivity contribution is 5.82. The molecule has 0 saturated carbocycles. The lowest BCUT2D eigenvalue weighted by molar-refractivity contribution is -0.151. The molecule has 0 aromatic rings. The van der Waals surface area contributed by atoms with E-state index in [0.717, 1.165) is 25.9 Å². The Morgan fingerprint density at radius 2 is 2.00 bits per heavy atom. The summed E-state index contributed by atoms with van der Waals surface area (Å²) >= 11 is 0. The van der Waals surface area contributed by atoms with Gasteiger partial charge in [-0.3, -0.25) is 4.79 Å². The summed E-state index contributed by atoms with van der Waals surface area (Å²) in [6, 6.07) is 0. The van der Waals surface area contributed by atoms with E-state index < -0.39 is 18.2 Å². The predicted molar refractivity (Wildman–Crippen MR) is 62.1 cm³/mol. The maximum atomic E-state index is 11.7. The van der Waals surface area contributed by atoms with E-state index in [0.29, 0.717) is 19.4 Å². The number of carboxylic acids is 1. The molecule has 2 rings (SSSR count). The van der Waals surface area contributed by atoms with Crippen LogP contribution in [0.5, 0.6) is 0 Å².